The number of esters is 1. The van der Waals surface area contributed by atoms with Crippen LogP contribution in [0, 0.1) is 34.0 Å². The van der Waals surface area contributed by atoms with Crippen LogP contribution in [0.4, 0.5) is 0 Å². The summed E-state index contributed by atoms with van der Waals surface area (Å²) < 4.78 is 5.68. The summed E-state index contributed by atoms with van der Waals surface area (Å²) in [6.07, 6.45) is 7.16. The van der Waals surface area contributed by atoms with E-state index in [-0.39, 0.29) is 23.2 Å². The predicted octanol–water partition coefficient (Wildman–Crippen LogP) is 2.64. The van der Waals surface area contributed by atoms with E-state index >= 15 is 0 Å². The largest absolute Gasteiger partial charge is 0.465 e. The van der Waals surface area contributed by atoms with Gasteiger partial charge in [0, 0.05) is 16.7 Å². The maximum absolute atomic E-state index is 12.7. The third-order valence-electron chi connectivity index (χ3n) is 8.80. The maximum atomic E-state index is 12.7. The lowest BCUT2D eigenvalue weighted by molar-refractivity contribution is -0.212. The fourth-order valence-electron chi connectivity index (χ4n) is 8.16. The van der Waals surface area contributed by atoms with Crippen LogP contribution in [0.5, 0.6) is 0 Å². The van der Waals surface area contributed by atoms with E-state index in [2.05, 4.69) is 6.58 Å². The molecule has 1 saturated heterocycles. The van der Waals surface area contributed by atoms with Gasteiger partial charge in [-0.2, -0.15) is 0 Å². The minimum Gasteiger partial charge on any atom is -0.465 e. The van der Waals surface area contributed by atoms with Gasteiger partial charge in [0.2, 0.25) is 0 Å². The van der Waals surface area contributed by atoms with E-state index in [0.717, 1.165) is 44.8 Å². The summed E-state index contributed by atoms with van der Waals surface area (Å²) in [5, 5.41) is 11.9. The van der Waals surface area contributed by atoms with Crippen molar-refractivity contribution < 1.29 is 19.4 Å². The Kier molecular flexibility index (Phi) is 2.61. The fourth-order valence-corrected chi connectivity index (χ4v) is 8.16. The highest BCUT2D eigenvalue weighted by Crippen LogP contribution is 2.79. The first-order valence-corrected chi connectivity index (χ1v) is 9.38. The van der Waals surface area contributed by atoms with Crippen molar-refractivity contribution in [2.75, 3.05) is 6.61 Å². The van der Waals surface area contributed by atoms with E-state index < -0.39 is 16.4 Å². The molecule has 1 spiro atoms. The highest BCUT2D eigenvalue weighted by atomic mass is 16.5. The zero-order valence-corrected chi connectivity index (χ0v) is 14.3. The average molecular weight is 330 g/mol. The molecule has 4 saturated carbocycles. The number of aldehydes is 1. The van der Waals surface area contributed by atoms with Crippen LogP contribution in [0.2, 0.25) is 0 Å². The molecule has 1 heterocycles. The monoisotopic (exact) mass is 330 g/mol. The van der Waals surface area contributed by atoms with Crippen LogP contribution in [0.25, 0.3) is 0 Å². The molecule has 130 valence electrons. The highest BCUT2D eigenvalue weighted by Gasteiger charge is 2.82. The number of hydrogen-bond donors (Lipinski definition) is 1. The van der Waals surface area contributed by atoms with Gasteiger partial charge in [-0.15, -0.1) is 0 Å². The van der Waals surface area contributed by atoms with Gasteiger partial charge in [0.25, 0.3) is 0 Å². The summed E-state index contributed by atoms with van der Waals surface area (Å²) in [5.41, 5.74) is -1.63. The number of fused-ring (bicyclic) bond motifs is 1. The predicted molar refractivity (Wildman–Crippen MR) is 86.9 cm³/mol. The van der Waals surface area contributed by atoms with Crippen molar-refractivity contribution in [3.63, 3.8) is 0 Å². The zero-order chi connectivity index (χ0) is 17.0. The Labute approximate surface area is 142 Å². The summed E-state index contributed by atoms with van der Waals surface area (Å²) in [4.78, 5) is 25.0. The quantitative estimate of drug-likeness (QED) is 0.456. The molecule has 0 aromatic carbocycles. The molecule has 4 nitrogen and oxygen atoms in total. The summed E-state index contributed by atoms with van der Waals surface area (Å²) in [6, 6.07) is 0. The molecule has 4 bridgehead atoms. The molecule has 5 fully saturated rings. The normalized spacial score (nSPS) is 58.0. The second-order valence-electron chi connectivity index (χ2n) is 9.48. The van der Waals surface area contributed by atoms with Gasteiger partial charge in [-0.05, 0) is 57.3 Å². The van der Waals surface area contributed by atoms with E-state index in [1.54, 1.807) is 0 Å². The summed E-state index contributed by atoms with van der Waals surface area (Å²) >= 11 is 0. The Morgan fingerprint density at radius 1 is 1.33 bits per heavy atom. The van der Waals surface area contributed by atoms with Crippen LogP contribution in [-0.4, -0.2) is 29.6 Å². The molecule has 0 unspecified atom stereocenters. The van der Waals surface area contributed by atoms with Crippen LogP contribution in [0.1, 0.15) is 51.9 Å². The highest BCUT2D eigenvalue weighted by molar-refractivity contribution is 5.81. The Hall–Kier alpha value is -1.16. The number of cyclic esters (lactones) is 1. The van der Waals surface area contributed by atoms with E-state index in [1.165, 1.54) is 5.57 Å². The second-order valence-corrected chi connectivity index (χ2v) is 9.48. The molecule has 5 aliphatic rings. The number of hydrogen-bond acceptors (Lipinski definition) is 4. The molecule has 7 atom stereocenters. The minimum absolute atomic E-state index is 0.216. The molecule has 0 amide bonds. The van der Waals surface area contributed by atoms with Gasteiger partial charge in [0.1, 0.15) is 5.60 Å². The first-order valence-electron chi connectivity index (χ1n) is 9.38. The van der Waals surface area contributed by atoms with Crippen molar-refractivity contribution in [1.29, 1.82) is 0 Å². The van der Waals surface area contributed by atoms with Gasteiger partial charge in [0.15, 0.2) is 6.29 Å². The van der Waals surface area contributed by atoms with E-state index in [1.807, 2.05) is 6.92 Å². The molecule has 4 aliphatic carbocycles. The van der Waals surface area contributed by atoms with Gasteiger partial charge in [-0.1, -0.05) is 18.6 Å². The van der Waals surface area contributed by atoms with E-state index in [9.17, 15) is 14.7 Å². The van der Waals surface area contributed by atoms with Crippen molar-refractivity contribution in [2.45, 2.75) is 57.5 Å². The van der Waals surface area contributed by atoms with Crippen molar-refractivity contribution >= 4 is 12.3 Å². The van der Waals surface area contributed by atoms with Gasteiger partial charge < -0.3 is 14.6 Å². The van der Waals surface area contributed by atoms with Crippen molar-refractivity contribution in [3.8, 4) is 0 Å². The van der Waals surface area contributed by atoms with Gasteiger partial charge >= 0.3 is 5.97 Å². The lowest BCUT2D eigenvalue weighted by Gasteiger charge is -2.56. The topological polar surface area (TPSA) is 63.6 Å². The van der Waals surface area contributed by atoms with E-state index in [4.69, 9.17) is 4.74 Å². The smallest absolute Gasteiger partial charge is 0.312 e. The molecule has 0 radical (unpaired) electrons. The first-order chi connectivity index (χ1) is 11.3. The van der Waals surface area contributed by atoms with Crippen molar-refractivity contribution in [2.24, 2.45) is 34.0 Å². The molecule has 24 heavy (non-hydrogen) atoms. The van der Waals surface area contributed by atoms with Crippen LogP contribution >= 0.6 is 0 Å². The molecule has 4 heteroatoms. The van der Waals surface area contributed by atoms with Crippen LogP contribution < -0.4 is 0 Å². The number of carbonyl (C=O) groups excluding carboxylic acids is 2. The third kappa shape index (κ3) is 1.29. The summed E-state index contributed by atoms with van der Waals surface area (Å²) in [5.74, 6) is 0.160. The Bertz CT molecular complexity index is 671. The lowest BCUT2D eigenvalue weighted by atomic mass is 9.51. The lowest BCUT2D eigenvalue weighted by Crippen LogP contribution is -2.63. The number of allylic oxidation sites excluding steroid dienone is 1. The zero-order valence-electron chi connectivity index (χ0n) is 14.3. The summed E-state index contributed by atoms with van der Waals surface area (Å²) in [6.45, 7) is 6.57. The van der Waals surface area contributed by atoms with Gasteiger partial charge in [-0.3, -0.25) is 4.79 Å². The Morgan fingerprint density at radius 3 is 2.88 bits per heavy atom. The molecule has 1 aliphatic heterocycles. The number of ether oxygens (including phenoxy) is 1. The molecule has 1 N–H and O–H groups in total. The Balaban J connectivity index is 1.79. The second kappa shape index (κ2) is 4.14. The molecular weight excluding hydrogens is 304 g/mol. The van der Waals surface area contributed by atoms with Crippen LogP contribution in [-0.2, 0) is 14.3 Å². The summed E-state index contributed by atoms with van der Waals surface area (Å²) in [7, 11) is 0. The molecule has 5 rings (SSSR count). The fraction of sp³-hybridized carbons (Fsp3) is 0.800. The maximum Gasteiger partial charge on any atom is 0.312 e. The standard InChI is InChI=1S/C20H26O4/c1-12-8-19-9-13(12)4-5-14(19)18-7-3-6-17(2,16(22)24-11-18)15(18)20(19,23)10-21/h10,13-15,23H,1,3-9,11H2,2H3/t13-,14+,15-,17+,18-,19+,20+/m1/s1. The number of aliphatic hydroxyl groups is 1. The molecule has 0 aromatic heterocycles. The Morgan fingerprint density at radius 2 is 2.12 bits per heavy atom. The molecular formula is C20H26O4. The minimum atomic E-state index is -1.43. The van der Waals surface area contributed by atoms with Crippen molar-refractivity contribution in [3.05, 3.63) is 12.2 Å². The third-order valence-corrected chi connectivity index (χ3v) is 8.80. The average Bonchev–Trinajstić information content (AvgIpc) is 2.93. The van der Waals surface area contributed by atoms with Crippen LogP contribution in [0.3, 0.4) is 0 Å². The number of carbonyl (C=O) groups is 2. The van der Waals surface area contributed by atoms with E-state index in [0.29, 0.717) is 18.9 Å². The van der Waals surface area contributed by atoms with Crippen molar-refractivity contribution in [1.82, 2.24) is 0 Å². The molecule has 0 aromatic rings. The SMILES string of the molecule is C=C1C[C@]23C[C@H]1CC[C@H]2[C@@]12CCC[C@](C)(C(=O)OC1)[C@H]2[C@@]3(O)C=O. The number of rotatable bonds is 1. The van der Waals surface area contributed by atoms with Gasteiger partial charge in [0.05, 0.1) is 12.0 Å². The van der Waals surface area contributed by atoms with Gasteiger partial charge in [-0.25, -0.2) is 0 Å². The van der Waals surface area contributed by atoms with Crippen LogP contribution in [0.15, 0.2) is 12.2 Å². The first kappa shape index (κ1) is 15.1.